The molecule has 1 aromatic rings. The molecule has 3 nitrogen and oxygen atoms in total. The van der Waals surface area contributed by atoms with Crippen LogP contribution in [0.5, 0.6) is 0 Å². The van der Waals surface area contributed by atoms with Crippen molar-refractivity contribution in [3.05, 3.63) is 35.9 Å². The molecule has 0 bridgehead atoms. The van der Waals surface area contributed by atoms with Gasteiger partial charge in [0.2, 0.25) is 0 Å². The van der Waals surface area contributed by atoms with E-state index < -0.39 is 0 Å². The lowest BCUT2D eigenvalue weighted by atomic mass is 10.1. The van der Waals surface area contributed by atoms with Gasteiger partial charge in [-0.3, -0.25) is 0 Å². The van der Waals surface area contributed by atoms with Crippen molar-refractivity contribution in [1.29, 1.82) is 0 Å². The van der Waals surface area contributed by atoms with Crippen molar-refractivity contribution in [1.82, 2.24) is 0 Å². The molecule has 0 amide bonds. The van der Waals surface area contributed by atoms with E-state index in [0.29, 0.717) is 19.8 Å². The smallest absolute Gasteiger partial charge is 0.159 e. The Morgan fingerprint density at radius 2 is 1.56 bits per heavy atom. The second-order valence-corrected chi connectivity index (χ2v) is 4.05. The Hall–Kier alpha value is -0.900. The highest BCUT2D eigenvalue weighted by Crippen LogP contribution is 2.16. The Labute approximate surface area is 110 Å². The molecule has 0 N–H and O–H groups in total. The number of ether oxygens (including phenoxy) is 3. The molecule has 1 atom stereocenters. The van der Waals surface area contributed by atoms with Crippen LogP contribution in [0.2, 0.25) is 0 Å². The van der Waals surface area contributed by atoms with E-state index in [4.69, 9.17) is 14.2 Å². The minimum absolute atomic E-state index is 0.107. The summed E-state index contributed by atoms with van der Waals surface area (Å²) in [4.78, 5) is 0. The van der Waals surface area contributed by atoms with Crippen molar-refractivity contribution < 1.29 is 14.2 Å². The zero-order chi connectivity index (χ0) is 13.2. The maximum absolute atomic E-state index is 5.79. The molecule has 0 radical (unpaired) electrons. The van der Waals surface area contributed by atoms with Gasteiger partial charge in [-0.05, 0) is 26.3 Å². The number of hydrogen-bond donors (Lipinski definition) is 0. The number of rotatable bonds is 9. The highest BCUT2D eigenvalue weighted by Gasteiger charge is 2.10. The molecule has 0 aromatic heterocycles. The van der Waals surface area contributed by atoms with Gasteiger partial charge in [0.1, 0.15) is 0 Å². The molecule has 0 spiro atoms. The third-order valence-corrected chi connectivity index (χ3v) is 2.70. The van der Waals surface area contributed by atoms with Gasteiger partial charge < -0.3 is 14.2 Å². The van der Waals surface area contributed by atoms with Gasteiger partial charge >= 0.3 is 0 Å². The van der Waals surface area contributed by atoms with E-state index in [9.17, 15) is 0 Å². The second-order valence-electron chi connectivity index (χ2n) is 4.05. The quantitative estimate of drug-likeness (QED) is 0.629. The van der Waals surface area contributed by atoms with E-state index >= 15 is 0 Å². The summed E-state index contributed by atoms with van der Waals surface area (Å²) in [6, 6.07) is 10.2. The minimum atomic E-state index is -0.150. The van der Waals surface area contributed by atoms with Crippen LogP contribution in [0.3, 0.4) is 0 Å². The Morgan fingerprint density at radius 3 is 2.11 bits per heavy atom. The van der Waals surface area contributed by atoms with Crippen molar-refractivity contribution in [2.75, 3.05) is 19.8 Å². The monoisotopic (exact) mass is 252 g/mol. The van der Waals surface area contributed by atoms with E-state index in [-0.39, 0.29) is 12.4 Å². The molecule has 0 heterocycles. The third-order valence-electron chi connectivity index (χ3n) is 2.70. The predicted octanol–water partition coefficient (Wildman–Crippen LogP) is 3.55. The van der Waals surface area contributed by atoms with Crippen LogP contribution in [0.1, 0.15) is 38.9 Å². The van der Waals surface area contributed by atoms with Crippen LogP contribution >= 0.6 is 0 Å². The zero-order valence-electron chi connectivity index (χ0n) is 11.6. The highest BCUT2D eigenvalue weighted by atomic mass is 16.7. The fraction of sp³-hybridized carbons (Fsp3) is 0.600. The fourth-order valence-corrected chi connectivity index (χ4v) is 1.75. The average Bonchev–Trinajstić information content (AvgIpc) is 2.40. The van der Waals surface area contributed by atoms with Gasteiger partial charge in [-0.2, -0.15) is 0 Å². The van der Waals surface area contributed by atoms with Crippen LogP contribution in [-0.4, -0.2) is 26.1 Å². The van der Waals surface area contributed by atoms with Crippen LogP contribution in [0, 0.1) is 0 Å². The minimum Gasteiger partial charge on any atom is -0.374 e. The molecular weight excluding hydrogens is 228 g/mol. The van der Waals surface area contributed by atoms with Gasteiger partial charge in [0, 0.05) is 19.6 Å². The summed E-state index contributed by atoms with van der Waals surface area (Å²) in [5.41, 5.74) is 1.20. The molecule has 3 heteroatoms. The molecule has 0 aliphatic carbocycles. The second kappa shape index (κ2) is 9.09. The normalized spacial score (nSPS) is 12.9. The molecule has 0 fully saturated rings. The first-order valence-electron chi connectivity index (χ1n) is 6.67. The summed E-state index contributed by atoms with van der Waals surface area (Å²) in [7, 11) is 0. The zero-order valence-corrected chi connectivity index (χ0v) is 11.6. The topological polar surface area (TPSA) is 27.7 Å². The molecule has 1 unspecified atom stereocenters. The summed E-state index contributed by atoms with van der Waals surface area (Å²) >= 11 is 0. The molecular formula is C15H24O3. The Morgan fingerprint density at radius 1 is 0.944 bits per heavy atom. The third kappa shape index (κ3) is 5.63. The van der Waals surface area contributed by atoms with Crippen molar-refractivity contribution >= 4 is 0 Å². The Balaban J connectivity index is 2.27. The van der Waals surface area contributed by atoms with Crippen LogP contribution in [0.15, 0.2) is 30.3 Å². The van der Waals surface area contributed by atoms with Crippen LogP contribution < -0.4 is 0 Å². The first-order chi connectivity index (χ1) is 8.77. The summed E-state index contributed by atoms with van der Waals surface area (Å²) < 4.78 is 16.7. The molecule has 0 aliphatic rings. The predicted molar refractivity (Wildman–Crippen MR) is 72.5 cm³/mol. The molecule has 0 saturated carbocycles. The lowest BCUT2D eigenvalue weighted by Crippen LogP contribution is -2.20. The molecule has 102 valence electrons. The molecule has 18 heavy (non-hydrogen) atoms. The van der Waals surface area contributed by atoms with Crippen LogP contribution in [-0.2, 0) is 14.2 Å². The van der Waals surface area contributed by atoms with Crippen molar-refractivity contribution in [2.24, 2.45) is 0 Å². The van der Waals surface area contributed by atoms with Gasteiger partial charge in [-0.25, -0.2) is 0 Å². The van der Waals surface area contributed by atoms with Gasteiger partial charge in [-0.1, -0.05) is 30.3 Å². The van der Waals surface area contributed by atoms with Crippen LogP contribution in [0.4, 0.5) is 0 Å². The highest BCUT2D eigenvalue weighted by molar-refractivity contribution is 5.16. The number of benzene rings is 1. The summed E-state index contributed by atoms with van der Waals surface area (Å²) in [6.45, 7) is 7.98. The molecule has 0 saturated heterocycles. The molecule has 1 rings (SSSR count). The first kappa shape index (κ1) is 15.2. The first-order valence-corrected chi connectivity index (χ1v) is 6.67. The van der Waals surface area contributed by atoms with Gasteiger partial charge in [0.25, 0.3) is 0 Å². The van der Waals surface area contributed by atoms with Crippen molar-refractivity contribution in [3.63, 3.8) is 0 Å². The Kier molecular flexibility index (Phi) is 7.65. The van der Waals surface area contributed by atoms with E-state index in [2.05, 4.69) is 19.1 Å². The van der Waals surface area contributed by atoms with E-state index in [0.717, 1.165) is 6.42 Å². The Bertz CT molecular complexity index is 294. The SMILES string of the molecule is CCOC(CCOC(C)c1ccccc1)OCC. The van der Waals surface area contributed by atoms with Crippen molar-refractivity contribution in [2.45, 2.75) is 39.6 Å². The maximum Gasteiger partial charge on any atom is 0.159 e. The number of hydrogen-bond acceptors (Lipinski definition) is 3. The maximum atomic E-state index is 5.79. The summed E-state index contributed by atoms with van der Waals surface area (Å²) in [5.74, 6) is 0. The van der Waals surface area contributed by atoms with Gasteiger partial charge in [0.15, 0.2) is 6.29 Å². The largest absolute Gasteiger partial charge is 0.374 e. The molecule has 0 aliphatic heterocycles. The summed E-state index contributed by atoms with van der Waals surface area (Å²) in [6.07, 6.45) is 0.719. The molecule has 1 aromatic carbocycles. The van der Waals surface area contributed by atoms with Crippen molar-refractivity contribution in [3.8, 4) is 0 Å². The lowest BCUT2D eigenvalue weighted by molar-refractivity contribution is -0.149. The lowest BCUT2D eigenvalue weighted by Gasteiger charge is -2.19. The van der Waals surface area contributed by atoms with Gasteiger partial charge in [-0.15, -0.1) is 0 Å². The van der Waals surface area contributed by atoms with Gasteiger partial charge in [0.05, 0.1) is 12.7 Å². The summed E-state index contributed by atoms with van der Waals surface area (Å²) in [5, 5.41) is 0. The van der Waals surface area contributed by atoms with Crippen LogP contribution in [0.25, 0.3) is 0 Å². The average molecular weight is 252 g/mol. The van der Waals surface area contributed by atoms with E-state index in [1.165, 1.54) is 5.56 Å². The van der Waals surface area contributed by atoms with E-state index in [1.807, 2.05) is 32.0 Å². The standard InChI is InChI=1S/C15H24O3/c1-4-16-15(17-5-2)11-12-18-13(3)14-9-7-6-8-10-14/h6-10,13,15H,4-5,11-12H2,1-3H3. The fourth-order valence-electron chi connectivity index (χ4n) is 1.75. The van der Waals surface area contributed by atoms with E-state index in [1.54, 1.807) is 0 Å².